The van der Waals surface area contributed by atoms with Crippen LogP contribution in [0.15, 0.2) is 59.1 Å². The fourth-order valence-electron chi connectivity index (χ4n) is 3.56. The van der Waals surface area contributed by atoms with Gasteiger partial charge in [0.05, 0.1) is 19.1 Å². The van der Waals surface area contributed by atoms with Gasteiger partial charge in [0, 0.05) is 9.86 Å². The summed E-state index contributed by atoms with van der Waals surface area (Å²) in [5, 5.41) is -1.33. The van der Waals surface area contributed by atoms with Crippen LogP contribution in [0.3, 0.4) is 0 Å². The van der Waals surface area contributed by atoms with E-state index >= 15 is 4.39 Å². The van der Waals surface area contributed by atoms with E-state index in [2.05, 4.69) is 20.7 Å². The van der Waals surface area contributed by atoms with Gasteiger partial charge < -0.3 is 14.2 Å². The Kier molecular flexibility index (Phi) is 8.80. The first-order chi connectivity index (χ1) is 17.3. The highest BCUT2D eigenvalue weighted by molar-refractivity contribution is 9.10. The summed E-state index contributed by atoms with van der Waals surface area (Å²) >= 11 is 3.30. The molecule has 1 atom stereocenters. The second kappa shape index (κ2) is 11.5. The lowest BCUT2D eigenvalue weighted by Gasteiger charge is -2.24. The van der Waals surface area contributed by atoms with E-state index in [9.17, 15) is 18.0 Å². The molecule has 3 rings (SSSR count). The van der Waals surface area contributed by atoms with Gasteiger partial charge in [-0.3, -0.25) is 4.79 Å². The second-order valence-electron chi connectivity index (χ2n) is 9.16. The molecule has 0 fully saturated rings. The molecule has 0 aromatic heterocycles. The van der Waals surface area contributed by atoms with Crippen molar-refractivity contribution in [2.45, 2.75) is 44.6 Å². The highest BCUT2D eigenvalue weighted by atomic mass is 79.9. The highest BCUT2D eigenvalue weighted by Gasteiger charge is 2.38. The Balaban J connectivity index is 2.17. The molecule has 0 bridgehead atoms. The fraction of sp³-hybridized carbons (Fsp3) is 0.308. The van der Waals surface area contributed by atoms with Crippen LogP contribution in [0, 0.1) is 5.82 Å². The van der Waals surface area contributed by atoms with Crippen molar-refractivity contribution in [1.29, 1.82) is 0 Å². The number of benzene rings is 3. The number of amides is 1. The van der Waals surface area contributed by atoms with Crippen LogP contribution in [-0.2, 0) is 30.9 Å². The number of nitrogens with one attached hydrogen (secondary N) is 1. The van der Waals surface area contributed by atoms with Crippen molar-refractivity contribution < 1.29 is 36.6 Å². The molecule has 37 heavy (non-hydrogen) atoms. The molecule has 11 heteroatoms. The highest BCUT2D eigenvalue weighted by Crippen LogP contribution is 2.40. The van der Waals surface area contributed by atoms with Gasteiger partial charge in [0.2, 0.25) is 10.0 Å². The SMILES string of the molecule is COC(=O)CC(c1c(OCc2ccccc2)cc2ccc(Br)cc2c1F)S(=O)(=O)NC(=O)OC(C)(C)C. The second-order valence-corrected chi connectivity index (χ2v) is 11.9. The third-order valence-corrected chi connectivity index (χ3v) is 7.27. The number of esters is 1. The standard InChI is InChI=1S/C26H27BrFNO7S/c1-26(2,3)36-25(31)29-37(32,33)21(14-22(30)34-4)23-20(35-15-16-8-6-5-7-9-16)12-17-10-11-18(27)13-19(17)24(23)28/h5-13,21H,14-15H2,1-4H3,(H,29,31). The first kappa shape index (κ1) is 28.4. The molecule has 1 N–H and O–H groups in total. The fourth-order valence-corrected chi connectivity index (χ4v) is 5.22. The van der Waals surface area contributed by atoms with Crippen molar-refractivity contribution in [2.24, 2.45) is 0 Å². The van der Waals surface area contributed by atoms with Gasteiger partial charge in [-0.1, -0.05) is 52.3 Å². The van der Waals surface area contributed by atoms with Gasteiger partial charge in [-0.15, -0.1) is 0 Å². The number of rotatable bonds is 8. The average molecular weight is 596 g/mol. The van der Waals surface area contributed by atoms with Crippen LogP contribution in [0.1, 0.15) is 43.6 Å². The van der Waals surface area contributed by atoms with Crippen LogP contribution in [0.4, 0.5) is 9.18 Å². The predicted molar refractivity (Wildman–Crippen MR) is 140 cm³/mol. The summed E-state index contributed by atoms with van der Waals surface area (Å²) in [5.74, 6) is -1.94. The monoisotopic (exact) mass is 595 g/mol. The molecule has 0 saturated carbocycles. The van der Waals surface area contributed by atoms with Crippen molar-refractivity contribution in [3.8, 4) is 5.75 Å². The Labute approximate surface area is 223 Å². The summed E-state index contributed by atoms with van der Waals surface area (Å²) in [4.78, 5) is 24.6. The van der Waals surface area contributed by atoms with E-state index < -0.39 is 50.7 Å². The number of ether oxygens (including phenoxy) is 3. The number of carbonyl (C=O) groups excluding carboxylic acids is 2. The summed E-state index contributed by atoms with van der Waals surface area (Å²) in [5.41, 5.74) is -0.658. The van der Waals surface area contributed by atoms with Gasteiger partial charge in [0.25, 0.3) is 0 Å². The maximum absolute atomic E-state index is 16.1. The van der Waals surface area contributed by atoms with Crippen molar-refractivity contribution in [1.82, 2.24) is 4.72 Å². The number of methoxy groups -OCH3 is 1. The summed E-state index contributed by atoms with van der Waals surface area (Å²) in [6.45, 7) is 4.67. The third kappa shape index (κ3) is 7.42. The maximum Gasteiger partial charge on any atom is 0.421 e. The van der Waals surface area contributed by atoms with Crippen LogP contribution in [0.5, 0.6) is 5.75 Å². The molecule has 0 aliphatic carbocycles. The summed E-state index contributed by atoms with van der Waals surface area (Å²) in [6, 6.07) is 15.3. The number of hydrogen-bond donors (Lipinski definition) is 1. The van der Waals surface area contributed by atoms with Gasteiger partial charge in [-0.25, -0.2) is 22.3 Å². The van der Waals surface area contributed by atoms with Crippen LogP contribution < -0.4 is 9.46 Å². The molecule has 0 aliphatic heterocycles. The van der Waals surface area contributed by atoms with Gasteiger partial charge in [0.15, 0.2) is 0 Å². The summed E-state index contributed by atoms with van der Waals surface area (Å²) in [6.07, 6.45) is -2.05. The van der Waals surface area contributed by atoms with Gasteiger partial charge in [-0.05, 0) is 49.9 Å². The van der Waals surface area contributed by atoms with E-state index in [1.54, 1.807) is 61.9 Å². The van der Waals surface area contributed by atoms with Crippen molar-refractivity contribution in [3.63, 3.8) is 0 Å². The van der Waals surface area contributed by atoms with Crippen LogP contribution in [-0.4, -0.2) is 33.2 Å². The van der Waals surface area contributed by atoms with Crippen LogP contribution >= 0.6 is 15.9 Å². The van der Waals surface area contributed by atoms with E-state index in [0.29, 0.717) is 9.86 Å². The Hall–Kier alpha value is -3.18. The lowest BCUT2D eigenvalue weighted by Crippen LogP contribution is -2.39. The normalized spacial score (nSPS) is 12.6. The smallest absolute Gasteiger partial charge is 0.421 e. The largest absolute Gasteiger partial charge is 0.488 e. The summed E-state index contributed by atoms with van der Waals surface area (Å²) < 4.78 is 60.9. The lowest BCUT2D eigenvalue weighted by molar-refractivity contribution is -0.140. The maximum atomic E-state index is 16.1. The predicted octanol–water partition coefficient (Wildman–Crippen LogP) is 5.78. The third-order valence-electron chi connectivity index (χ3n) is 5.18. The van der Waals surface area contributed by atoms with Crippen molar-refractivity contribution in [3.05, 3.63) is 76.0 Å². The summed E-state index contributed by atoms with van der Waals surface area (Å²) in [7, 11) is -3.64. The topological polar surface area (TPSA) is 108 Å². The minimum atomic E-state index is -4.72. The zero-order valence-electron chi connectivity index (χ0n) is 20.7. The molecular weight excluding hydrogens is 569 g/mol. The molecule has 0 saturated heterocycles. The Morgan fingerprint density at radius 3 is 2.38 bits per heavy atom. The lowest BCUT2D eigenvalue weighted by atomic mass is 10.0. The van der Waals surface area contributed by atoms with E-state index in [1.807, 2.05) is 6.07 Å². The molecule has 198 valence electrons. The van der Waals surface area contributed by atoms with Crippen molar-refractivity contribution in [2.75, 3.05) is 7.11 Å². The average Bonchev–Trinajstić information content (AvgIpc) is 2.81. The molecule has 8 nitrogen and oxygen atoms in total. The van der Waals surface area contributed by atoms with Crippen LogP contribution in [0.25, 0.3) is 10.8 Å². The van der Waals surface area contributed by atoms with E-state index in [4.69, 9.17) is 9.47 Å². The molecule has 0 aliphatic rings. The molecule has 0 heterocycles. The molecule has 0 spiro atoms. The van der Waals surface area contributed by atoms with Crippen molar-refractivity contribution >= 4 is 48.8 Å². The van der Waals surface area contributed by atoms with Gasteiger partial charge in [-0.2, -0.15) is 0 Å². The zero-order valence-corrected chi connectivity index (χ0v) is 23.1. The van der Waals surface area contributed by atoms with Crippen LogP contribution in [0.2, 0.25) is 0 Å². The quantitative estimate of drug-likeness (QED) is 0.329. The van der Waals surface area contributed by atoms with Gasteiger partial charge >= 0.3 is 12.1 Å². The van der Waals surface area contributed by atoms with E-state index in [1.165, 1.54) is 12.1 Å². The molecule has 1 amide bonds. The number of hydrogen-bond acceptors (Lipinski definition) is 7. The molecular formula is C26H27BrFNO7S. The Bertz CT molecular complexity index is 1410. The first-order valence-electron chi connectivity index (χ1n) is 11.2. The van der Waals surface area contributed by atoms with E-state index in [0.717, 1.165) is 12.7 Å². The number of halogens is 2. The van der Waals surface area contributed by atoms with E-state index in [-0.39, 0.29) is 17.7 Å². The minimum Gasteiger partial charge on any atom is -0.488 e. The van der Waals surface area contributed by atoms with Gasteiger partial charge in [0.1, 0.15) is 29.0 Å². The number of carbonyl (C=O) groups is 2. The zero-order chi connectivity index (χ0) is 27.4. The molecule has 1 unspecified atom stereocenters. The minimum absolute atomic E-state index is 0.000198. The Morgan fingerprint density at radius 2 is 1.76 bits per heavy atom. The molecule has 0 radical (unpaired) electrons. The number of fused-ring (bicyclic) bond motifs is 1. The first-order valence-corrected chi connectivity index (χ1v) is 13.5. The number of sulfonamides is 1. The Morgan fingerprint density at radius 1 is 1.08 bits per heavy atom. The molecule has 3 aromatic rings. The molecule has 3 aromatic carbocycles.